The van der Waals surface area contributed by atoms with Crippen molar-refractivity contribution in [3.8, 4) is 0 Å². The monoisotopic (exact) mass is 363 g/mol. The molecule has 0 spiro atoms. The molecule has 0 bridgehead atoms. The lowest BCUT2D eigenvalue weighted by molar-refractivity contribution is -0.131. The standard InChI is InChI=1S/C19H29N3O2S/c1-14(2)5-9-21(10-6-15(3)4)17(23)7-11-22-13-20-18-16(19(22)24)8-12-25-18/h8,12-15H,5-7,9-11H2,1-4H3. The van der Waals surface area contributed by atoms with Crippen LogP contribution < -0.4 is 5.56 Å². The number of hydrogen-bond donors (Lipinski definition) is 0. The van der Waals surface area contributed by atoms with Crippen LogP contribution in [0.2, 0.25) is 0 Å². The smallest absolute Gasteiger partial charge is 0.262 e. The van der Waals surface area contributed by atoms with Crippen molar-refractivity contribution >= 4 is 27.5 Å². The van der Waals surface area contributed by atoms with E-state index in [0.29, 0.717) is 30.2 Å². The molecular weight excluding hydrogens is 334 g/mol. The molecule has 0 radical (unpaired) electrons. The van der Waals surface area contributed by atoms with E-state index < -0.39 is 0 Å². The minimum Gasteiger partial charge on any atom is -0.343 e. The Morgan fingerprint density at radius 1 is 1.20 bits per heavy atom. The zero-order chi connectivity index (χ0) is 18.4. The number of aryl methyl sites for hydroxylation is 1. The summed E-state index contributed by atoms with van der Waals surface area (Å²) in [4.78, 5) is 32.1. The van der Waals surface area contributed by atoms with E-state index in [1.807, 2.05) is 10.3 Å². The molecule has 2 heterocycles. The molecule has 6 heteroatoms. The number of carbonyl (C=O) groups excluding carboxylic acids is 1. The Morgan fingerprint density at radius 3 is 2.44 bits per heavy atom. The van der Waals surface area contributed by atoms with Gasteiger partial charge in [0.15, 0.2) is 0 Å². The van der Waals surface area contributed by atoms with Crippen molar-refractivity contribution in [3.63, 3.8) is 0 Å². The molecule has 5 nitrogen and oxygen atoms in total. The van der Waals surface area contributed by atoms with Gasteiger partial charge in [0.1, 0.15) is 4.83 Å². The van der Waals surface area contributed by atoms with Gasteiger partial charge in [-0.3, -0.25) is 14.2 Å². The average Bonchev–Trinajstić information content (AvgIpc) is 3.03. The molecule has 0 saturated carbocycles. The van der Waals surface area contributed by atoms with Crippen LogP contribution in [-0.2, 0) is 11.3 Å². The van der Waals surface area contributed by atoms with Crippen LogP contribution in [0.4, 0.5) is 0 Å². The molecule has 0 saturated heterocycles. The minimum atomic E-state index is -0.0602. The van der Waals surface area contributed by atoms with Crippen LogP contribution in [0.3, 0.4) is 0 Å². The second-order valence-electron chi connectivity index (χ2n) is 7.38. The van der Waals surface area contributed by atoms with Crippen molar-refractivity contribution in [1.29, 1.82) is 0 Å². The van der Waals surface area contributed by atoms with Gasteiger partial charge in [0, 0.05) is 26.1 Å². The molecule has 2 aromatic rings. The second-order valence-corrected chi connectivity index (χ2v) is 8.27. The van der Waals surface area contributed by atoms with Gasteiger partial charge in [0.2, 0.25) is 5.91 Å². The lowest BCUT2D eigenvalue weighted by Crippen LogP contribution is -2.35. The Kier molecular flexibility index (Phi) is 7.17. The minimum absolute atomic E-state index is 0.0602. The van der Waals surface area contributed by atoms with Crippen LogP contribution in [0.1, 0.15) is 47.0 Å². The summed E-state index contributed by atoms with van der Waals surface area (Å²) in [6.07, 6.45) is 3.91. The molecule has 138 valence electrons. The molecule has 2 aromatic heterocycles. The molecular formula is C19H29N3O2S. The first kappa shape index (κ1) is 19.6. The fourth-order valence-corrected chi connectivity index (χ4v) is 3.34. The van der Waals surface area contributed by atoms with Crippen LogP contribution >= 0.6 is 11.3 Å². The van der Waals surface area contributed by atoms with Crippen LogP contribution in [0, 0.1) is 11.8 Å². The van der Waals surface area contributed by atoms with Crippen molar-refractivity contribution in [3.05, 3.63) is 28.1 Å². The molecule has 0 unspecified atom stereocenters. The molecule has 0 aliphatic rings. The highest BCUT2D eigenvalue weighted by atomic mass is 32.1. The van der Waals surface area contributed by atoms with Crippen LogP contribution in [-0.4, -0.2) is 33.4 Å². The highest BCUT2D eigenvalue weighted by Gasteiger charge is 2.15. The van der Waals surface area contributed by atoms with E-state index in [1.54, 1.807) is 17.0 Å². The number of thiophene rings is 1. The number of carbonyl (C=O) groups is 1. The average molecular weight is 364 g/mol. The molecule has 0 atom stereocenters. The number of aromatic nitrogens is 2. The van der Waals surface area contributed by atoms with Crippen LogP contribution in [0.5, 0.6) is 0 Å². The zero-order valence-corrected chi connectivity index (χ0v) is 16.5. The van der Waals surface area contributed by atoms with E-state index >= 15 is 0 Å². The van der Waals surface area contributed by atoms with E-state index in [0.717, 1.165) is 30.8 Å². The van der Waals surface area contributed by atoms with Crippen molar-refractivity contribution in [1.82, 2.24) is 14.5 Å². The predicted octanol–water partition coefficient (Wildman–Crippen LogP) is 3.77. The third kappa shape index (κ3) is 5.66. The summed E-state index contributed by atoms with van der Waals surface area (Å²) in [5.41, 5.74) is -0.0602. The quantitative estimate of drug-likeness (QED) is 0.681. The normalized spacial score (nSPS) is 11.6. The lowest BCUT2D eigenvalue weighted by atomic mass is 10.1. The first-order valence-corrected chi connectivity index (χ1v) is 9.97. The maximum Gasteiger partial charge on any atom is 0.262 e. The van der Waals surface area contributed by atoms with Crippen LogP contribution in [0.25, 0.3) is 10.2 Å². The Hall–Kier alpha value is -1.69. The Balaban J connectivity index is 2.00. The fraction of sp³-hybridized carbons (Fsp3) is 0.632. The largest absolute Gasteiger partial charge is 0.343 e. The topological polar surface area (TPSA) is 55.2 Å². The number of amides is 1. The van der Waals surface area contributed by atoms with Crippen molar-refractivity contribution in [2.24, 2.45) is 11.8 Å². The van der Waals surface area contributed by atoms with E-state index in [1.165, 1.54) is 11.3 Å². The highest BCUT2D eigenvalue weighted by molar-refractivity contribution is 7.16. The predicted molar refractivity (Wildman–Crippen MR) is 104 cm³/mol. The SMILES string of the molecule is CC(C)CCN(CCC(C)C)C(=O)CCn1cnc2sccc2c1=O. The van der Waals surface area contributed by atoms with Crippen molar-refractivity contribution < 1.29 is 4.79 Å². The van der Waals surface area contributed by atoms with Gasteiger partial charge in [-0.25, -0.2) is 4.98 Å². The van der Waals surface area contributed by atoms with Gasteiger partial charge in [0.25, 0.3) is 5.56 Å². The number of nitrogens with zero attached hydrogens (tertiary/aromatic N) is 3. The molecule has 0 aliphatic carbocycles. The van der Waals surface area contributed by atoms with E-state index in [9.17, 15) is 9.59 Å². The van der Waals surface area contributed by atoms with Gasteiger partial charge < -0.3 is 4.90 Å². The summed E-state index contributed by atoms with van der Waals surface area (Å²) in [5, 5.41) is 2.50. The Morgan fingerprint density at radius 2 is 1.84 bits per heavy atom. The molecule has 25 heavy (non-hydrogen) atoms. The molecule has 0 aromatic carbocycles. The number of rotatable bonds is 9. The van der Waals surface area contributed by atoms with Crippen molar-refractivity contribution in [2.75, 3.05) is 13.1 Å². The molecule has 0 aliphatic heterocycles. The van der Waals surface area contributed by atoms with Gasteiger partial charge in [0.05, 0.1) is 11.7 Å². The Bertz CT molecular complexity index is 736. The van der Waals surface area contributed by atoms with Gasteiger partial charge >= 0.3 is 0 Å². The maximum atomic E-state index is 12.7. The zero-order valence-electron chi connectivity index (χ0n) is 15.7. The third-order valence-electron chi connectivity index (χ3n) is 4.32. The van der Waals surface area contributed by atoms with Gasteiger partial charge in [-0.2, -0.15) is 0 Å². The first-order valence-electron chi connectivity index (χ1n) is 9.09. The maximum absolute atomic E-state index is 12.7. The molecule has 0 N–H and O–H groups in total. The number of fused-ring (bicyclic) bond motifs is 1. The summed E-state index contributed by atoms with van der Waals surface area (Å²) in [6, 6.07) is 1.80. The second kappa shape index (κ2) is 9.13. The van der Waals surface area contributed by atoms with Gasteiger partial charge in [-0.15, -0.1) is 11.3 Å². The number of hydrogen-bond acceptors (Lipinski definition) is 4. The summed E-state index contributed by atoms with van der Waals surface area (Å²) in [7, 11) is 0. The van der Waals surface area contributed by atoms with E-state index in [-0.39, 0.29) is 11.5 Å². The van der Waals surface area contributed by atoms with E-state index in [4.69, 9.17) is 0 Å². The molecule has 2 rings (SSSR count). The Labute approximate surface area is 153 Å². The molecule has 1 amide bonds. The molecule has 0 fully saturated rings. The summed E-state index contributed by atoms with van der Waals surface area (Å²) >= 11 is 1.46. The van der Waals surface area contributed by atoms with Gasteiger partial charge in [-0.1, -0.05) is 27.7 Å². The first-order chi connectivity index (χ1) is 11.9. The summed E-state index contributed by atoms with van der Waals surface area (Å²) in [5.74, 6) is 1.27. The van der Waals surface area contributed by atoms with Crippen LogP contribution in [0.15, 0.2) is 22.6 Å². The lowest BCUT2D eigenvalue weighted by Gasteiger charge is -2.24. The fourth-order valence-electron chi connectivity index (χ4n) is 2.62. The van der Waals surface area contributed by atoms with E-state index in [2.05, 4.69) is 32.7 Å². The van der Waals surface area contributed by atoms with Gasteiger partial charge in [-0.05, 0) is 36.1 Å². The highest BCUT2D eigenvalue weighted by Crippen LogP contribution is 2.13. The van der Waals surface area contributed by atoms with Crippen molar-refractivity contribution in [2.45, 2.75) is 53.5 Å². The summed E-state index contributed by atoms with van der Waals surface area (Å²) < 4.78 is 1.55. The summed E-state index contributed by atoms with van der Waals surface area (Å²) in [6.45, 7) is 10.7. The third-order valence-corrected chi connectivity index (χ3v) is 5.14.